The van der Waals surface area contributed by atoms with Crippen LogP contribution >= 0.6 is 11.3 Å². The lowest BCUT2D eigenvalue weighted by atomic mass is 9.73. The van der Waals surface area contributed by atoms with E-state index in [4.69, 9.17) is 9.47 Å². The summed E-state index contributed by atoms with van der Waals surface area (Å²) in [5.74, 6) is 0.686. The third-order valence-corrected chi connectivity index (χ3v) is 12.0. The average molecular weight is 682 g/mol. The standard InChI is InChI=1S/C37H39N5O6S/c1-39-19-27(33-26(35(39)45)9-14-49-33)22-16-30(47-2)28(31(17-22)48-3)20-41-13-12-40(21-37(41)10-4-11-37)24-5-6-25-23(15-24)18-42(36(25)46)29-7-8-32(43)38-34(29)44/h5-6,9,14-17,19,29H,4,7-8,10-13,18,20-21H2,1-3H3,(H,38,43,44). The van der Waals surface area contributed by atoms with E-state index >= 15 is 0 Å². The molecule has 1 aliphatic carbocycles. The van der Waals surface area contributed by atoms with Gasteiger partial charge in [0.05, 0.1) is 25.2 Å². The van der Waals surface area contributed by atoms with Gasteiger partial charge in [-0.25, -0.2) is 0 Å². The summed E-state index contributed by atoms with van der Waals surface area (Å²) < 4.78 is 14.6. The fraction of sp³-hybridized carbons (Fsp3) is 0.405. The smallest absolute Gasteiger partial charge is 0.259 e. The second-order valence-electron chi connectivity index (χ2n) is 13.6. The summed E-state index contributed by atoms with van der Waals surface area (Å²) in [5, 5.41) is 5.04. The number of nitrogens with zero attached hydrogens (tertiary/aromatic N) is 4. The van der Waals surface area contributed by atoms with Gasteiger partial charge in [-0.2, -0.15) is 0 Å². The predicted molar refractivity (Wildman–Crippen MR) is 187 cm³/mol. The monoisotopic (exact) mass is 681 g/mol. The van der Waals surface area contributed by atoms with Crippen molar-refractivity contribution in [3.63, 3.8) is 0 Å². The van der Waals surface area contributed by atoms with Crippen molar-refractivity contribution in [3.05, 3.63) is 75.0 Å². The number of fused-ring (bicyclic) bond motifs is 2. The summed E-state index contributed by atoms with van der Waals surface area (Å²) in [6.45, 7) is 3.59. The van der Waals surface area contributed by atoms with E-state index in [1.807, 2.05) is 29.8 Å². The number of methoxy groups -OCH3 is 2. The molecule has 4 aromatic rings. The zero-order chi connectivity index (χ0) is 34.0. The number of nitrogens with one attached hydrogen (secondary N) is 1. The van der Waals surface area contributed by atoms with Gasteiger partial charge in [0.15, 0.2) is 0 Å². The predicted octanol–water partition coefficient (Wildman–Crippen LogP) is 4.29. The molecule has 2 aromatic heterocycles. The first kappa shape index (κ1) is 31.6. The van der Waals surface area contributed by atoms with Crippen LogP contribution in [0, 0.1) is 0 Å². The number of hydrogen-bond acceptors (Lipinski definition) is 9. The lowest BCUT2D eigenvalue weighted by Crippen LogP contribution is -2.65. The highest BCUT2D eigenvalue weighted by Gasteiger charge is 2.47. The van der Waals surface area contributed by atoms with Gasteiger partial charge in [0.2, 0.25) is 11.8 Å². The Kier molecular flexibility index (Phi) is 7.75. The molecule has 1 N–H and O–H groups in total. The molecular weight excluding hydrogens is 643 g/mol. The molecule has 3 fully saturated rings. The van der Waals surface area contributed by atoms with Crippen LogP contribution in [0.25, 0.3) is 21.2 Å². The van der Waals surface area contributed by atoms with Crippen molar-refractivity contribution in [2.24, 2.45) is 7.05 Å². The molecular formula is C37H39N5O6S. The molecule has 254 valence electrons. The Morgan fingerprint density at radius 1 is 0.980 bits per heavy atom. The fourth-order valence-electron chi connectivity index (χ4n) is 8.18. The van der Waals surface area contributed by atoms with Crippen LogP contribution in [0.15, 0.2) is 52.8 Å². The van der Waals surface area contributed by atoms with Crippen molar-refractivity contribution in [1.82, 2.24) is 19.7 Å². The zero-order valence-electron chi connectivity index (χ0n) is 27.9. The molecule has 1 saturated carbocycles. The maximum atomic E-state index is 13.3. The number of piperidine rings is 1. The molecule has 1 spiro atoms. The number of imide groups is 1. The Hall–Kier alpha value is -4.68. The third-order valence-electron chi connectivity index (χ3n) is 11.0. The highest BCUT2D eigenvalue weighted by atomic mass is 32.1. The van der Waals surface area contributed by atoms with Crippen molar-refractivity contribution < 1.29 is 23.9 Å². The van der Waals surface area contributed by atoms with E-state index in [2.05, 4.69) is 33.3 Å². The van der Waals surface area contributed by atoms with Crippen LogP contribution in [0.5, 0.6) is 11.5 Å². The van der Waals surface area contributed by atoms with Crippen LogP contribution < -0.4 is 25.2 Å². The van der Waals surface area contributed by atoms with Gasteiger partial charge in [0.25, 0.3) is 11.5 Å². The molecule has 2 aromatic carbocycles. The normalized spacial score (nSPS) is 20.5. The van der Waals surface area contributed by atoms with Gasteiger partial charge in [0, 0.05) is 79.4 Å². The van der Waals surface area contributed by atoms with Crippen molar-refractivity contribution >= 4 is 44.8 Å². The number of carbonyl (C=O) groups is 3. The molecule has 3 amide bonds. The van der Waals surface area contributed by atoms with Gasteiger partial charge in [-0.15, -0.1) is 11.3 Å². The number of benzene rings is 2. The number of carbonyl (C=O) groups excluding carboxylic acids is 3. The number of aromatic nitrogens is 1. The number of piperazine rings is 1. The number of thiophene rings is 1. The van der Waals surface area contributed by atoms with E-state index in [9.17, 15) is 19.2 Å². The highest BCUT2D eigenvalue weighted by molar-refractivity contribution is 7.17. The molecule has 5 heterocycles. The van der Waals surface area contributed by atoms with Crippen LogP contribution in [-0.2, 0) is 29.7 Å². The van der Waals surface area contributed by atoms with Crippen LogP contribution in [0.2, 0.25) is 0 Å². The van der Waals surface area contributed by atoms with Crippen LogP contribution in [0.1, 0.15) is 53.6 Å². The molecule has 11 nitrogen and oxygen atoms in total. The van der Waals surface area contributed by atoms with Gasteiger partial charge >= 0.3 is 0 Å². The molecule has 0 bridgehead atoms. The molecule has 3 aliphatic heterocycles. The number of amides is 3. The van der Waals surface area contributed by atoms with Crippen molar-refractivity contribution in [3.8, 4) is 22.6 Å². The number of aryl methyl sites for hydroxylation is 1. The van der Waals surface area contributed by atoms with Crippen LogP contribution in [-0.4, -0.2) is 77.5 Å². The summed E-state index contributed by atoms with van der Waals surface area (Å²) in [6, 6.07) is 11.4. The minimum atomic E-state index is -0.621. The number of ether oxygens (including phenoxy) is 2. The highest BCUT2D eigenvalue weighted by Crippen LogP contribution is 2.45. The van der Waals surface area contributed by atoms with E-state index < -0.39 is 11.9 Å². The molecule has 0 radical (unpaired) electrons. The summed E-state index contributed by atoms with van der Waals surface area (Å²) in [6.07, 6.45) is 5.83. The number of anilines is 1. The Balaban J connectivity index is 1.04. The fourth-order valence-corrected chi connectivity index (χ4v) is 9.10. The lowest BCUT2D eigenvalue weighted by Gasteiger charge is -2.56. The SMILES string of the molecule is COc1cc(-c2cn(C)c(=O)c3ccsc23)cc(OC)c1CN1CCN(c2ccc3c(c2)CN(C2CCC(=O)NC2=O)C3=O)CC12CCC2. The molecule has 4 aliphatic rings. The Morgan fingerprint density at radius 2 is 1.76 bits per heavy atom. The first-order valence-electron chi connectivity index (χ1n) is 16.8. The van der Waals surface area contributed by atoms with Crippen molar-refractivity contribution in [2.75, 3.05) is 38.8 Å². The van der Waals surface area contributed by atoms with E-state index in [0.717, 1.165) is 76.6 Å². The number of rotatable bonds is 7. The maximum Gasteiger partial charge on any atom is 0.259 e. The topological polar surface area (TPSA) is 113 Å². The summed E-state index contributed by atoms with van der Waals surface area (Å²) in [7, 11) is 5.17. The summed E-state index contributed by atoms with van der Waals surface area (Å²) in [4.78, 5) is 56.8. The van der Waals surface area contributed by atoms with Gasteiger partial charge < -0.3 is 23.8 Å². The van der Waals surface area contributed by atoms with Crippen molar-refractivity contribution in [1.29, 1.82) is 0 Å². The Bertz CT molecular complexity index is 2060. The summed E-state index contributed by atoms with van der Waals surface area (Å²) in [5.41, 5.74) is 5.54. The number of hydrogen-bond donors (Lipinski definition) is 1. The zero-order valence-corrected chi connectivity index (χ0v) is 28.7. The summed E-state index contributed by atoms with van der Waals surface area (Å²) >= 11 is 1.56. The molecule has 1 unspecified atom stereocenters. The number of pyridine rings is 1. The second kappa shape index (κ2) is 12.0. The van der Waals surface area contributed by atoms with Gasteiger partial charge in [-0.1, -0.05) is 0 Å². The third kappa shape index (κ3) is 5.19. The van der Waals surface area contributed by atoms with E-state index in [1.165, 1.54) is 6.42 Å². The van der Waals surface area contributed by atoms with Crippen LogP contribution in [0.3, 0.4) is 0 Å². The second-order valence-corrected chi connectivity index (χ2v) is 14.6. The lowest BCUT2D eigenvalue weighted by molar-refractivity contribution is -0.136. The van der Waals surface area contributed by atoms with Gasteiger partial charge in [-0.3, -0.25) is 29.4 Å². The van der Waals surface area contributed by atoms with E-state index in [1.54, 1.807) is 42.1 Å². The Morgan fingerprint density at radius 3 is 2.45 bits per heavy atom. The minimum absolute atomic E-state index is 0.00137. The first-order valence-corrected chi connectivity index (χ1v) is 17.7. The quantitative estimate of drug-likeness (QED) is 0.288. The molecule has 12 heteroatoms. The molecule has 8 rings (SSSR count). The van der Waals surface area contributed by atoms with Gasteiger partial charge in [-0.05, 0) is 78.6 Å². The Labute approximate surface area is 288 Å². The van der Waals surface area contributed by atoms with Gasteiger partial charge in [0.1, 0.15) is 17.5 Å². The van der Waals surface area contributed by atoms with E-state index in [0.29, 0.717) is 30.5 Å². The molecule has 2 saturated heterocycles. The van der Waals surface area contributed by atoms with E-state index in [-0.39, 0.29) is 29.3 Å². The average Bonchev–Trinajstić information content (AvgIpc) is 3.71. The molecule has 1 atom stereocenters. The van der Waals surface area contributed by atoms with Crippen LogP contribution in [0.4, 0.5) is 5.69 Å². The first-order chi connectivity index (χ1) is 23.7. The van der Waals surface area contributed by atoms with Crippen molar-refractivity contribution in [2.45, 2.75) is 56.8 Å². The maximum absolute atomic E-state index is 13.3. The minimum Gasteiger partial charge on any atom is -0.496 e. The molecule has 49 heavy (non-hydrogen) atoms. The largest absolute Gasteiger partial charge is 0.496 e.